The summed E-state index contributed by atoms with van der Waals surface area (Å²) >= 11 is 0. The first kappa shape index (κ1) is 25.7. The van der Waals surface area contributed by atoms with Crippen molar-refractivity contribution < 1.29 is 30.6 Å². The summed E-state index contributed by atoms with van der Waals surface area (Å²) in [6.07, 6.45) is 1.80. The second kappa shape index (κ2) is 11.4. The maximum atomic E-state index is 10.1. The zero-order valence-corrected chi connectivity index (χ0v) is 18.9. The number of aliphatic hydroxyl groups is 2. The number of phenolic OH excluding ortho intramolecular Hbond substituents is 4. The lowest BCUT2D eigenvalue weighted by Gasteiger charge is -2.28. The molecule has 3 atom stereocenters. The summed E-state index contributed by atoms with van der Waals surface area (Å²) in [5, 5.41) is 63.5. The summed E-state index contributed by atoms with van der Waals surface area (Å²) in [7, 11) is 0. The van der Waals surface area contributed by atoms with E-state index in [-0.39, 0.29) is 34.6 Å². The molecule has 0 radical (unpaired) electrons. The van der Waals surface area contributed by atoms with E-state index in [2.05, 4.69) is 10.6 Å². The molecule has 0 aromatic heterocycles. The highest BCUT2D eigenvalue weighted by Gasteiger charge is 2.23. The zero-order valence-electron chi connectivity index (χ0n) is 18.9. The van der Waals surface area contributed by atoms with Crippen LogP contribution in [0.5, 0.6) is 23.0 Å². The van der Waals surface area contributed by atoms with Gasteiger partial charge in [-0.2, -0.15) is 0 Å². The van der Waals surface area contributed by atoms with E-state index in [1.807, 2.05) is 20.8 Å². The topological polar surface area (TPSA) is 145 Å². The molecule has 0 bridgehead atoms. The number of β-amino-alcohol motifs (C(OH)–C–C–N with tert-alkyl or cyclic N) is 1. The number of nitrogens with one attached hydrogen (secondary N) is 2. The molecule has 32 heavy (non-hydrogen) atoms. The molecule has 2 aromatic rings. The quantitative estimate of drug-likeness (QED) is 0.326. The zero-order chi connectivity index (χ0) is 23.9. The lowest BCUT2D eigenvalue weighted by Crippen LogP contribution is -2.38. The number of aliphatic hydroxyl groups excluding tert-OH is 2. The molecule has 0 spiro atoms. The molecule has 8 nitrogen and oxygen atoms in total. The smallest absolute Gasteiger partial charge is 0.157 e. The van der Waals surface area contributed by atoms with Gasteiger partial charge in [-0.3, -0.25) is 0 Å². The minimum Gasteiger partial charge on any atom is -0.508 e. The normalized spacial score (nSPS) is 18.3. The van der Waals surface area contributed by atoms with E-state index in [0.29, 0.717) is 17.7 Å². The van der Waals surface area contributed by atoms with Crippen molar-refractivity contribution in [1.82, 2.24) is 10.6 Å². The van der Waals surface area contributed by atoms with E-state index < -0.39 is 12.2 Å². The summed E-state index contributed by atoms with van der Waals surface area (Å²) in [5.41, 5.74) is 1.05. The maximum absolute atomic E-state index is 10.1. The van der Waals surface area contributed by atoms with Crippen molar-refractivity contribution in [2.24, 2.45) is 0 Å². The van der Waals surface area contributed by atoms with Crippen LogP contribution in [0, 0.1) is 0 Å². The van der Waals surface area contributed by atoms with Crippen LogP contribution in [0.4, 0.5) is 0 Å². The number of aromatic hydroxyl groups is 4. The van der Waals surface area contributed by atoms with Crippen LogP contribution in [0.15, 0.2) is 36.4 Å². The van der Waals surface area contributed by atoms with Gasteiger partial charge in [0.05, 0.1) is 12.2 Å². The van der Waals surface area contributed by atoms with E-state index in [0.717, 1.165) is 25.8 Å². The van der Waals surface area contributed by atoms with Crippen LogP contribution >= 0.6 is 0 Å². The molecule has 0 aliphatic carbocycles. The third kappa shape index (κ3) is 8.20. The third-order valence-electron chi connectivity index (χ3n) is 5.21. The molecular weight excluding hydrogens is 412 g/mol. The number of benzene rings is 2. The highest BCUT2D eigenvalue weighted by Crippen LogP contribution is 2.30. The third-order valence-corrected chi connectivity index (χ3v) is 5.21. The lowest BCUT2D eigenvalue weighted by molar-refractivity contribution is 0.113. The van der Waals surface area contributed by atoms with Crippen molar-refractivity contribution in [3.63, 3.8) is 0 Å². The van der Waals surface area contributed by atoms with Crippen LogP contribution in [0.3, 0.4) is 0 Å². The Hall–Kier alpha value is -2.52. The summed E-state index contributed by atoms with van der Waals surface area (Å²) in [4.78, 5) is 0. The minimum atomic E-state index is -0.753. The Morgan fingerprint density at radius 3 is 2.09 bits per heavy atom. The second-order valence-electron chi connectivity index (χ2n) is 9.18. The van der Waals surface area contributed by atoms with E-state index >= 15 is 0 Å². The fourth-order valence-corrected chi connectivity index (χ4v) is 3.44. The minimum absolute atomic E-state index is 0.0395. The van der Waals surface area contributed by atoms with Crippen LogP contribution in [0.25, 0.3) is 0 Å². The predicted molar refractivity (Wildman–Crippen MR) is 123 cm³/mol. The summed E-state index contributed by atoms with van der Waals surface area (Å²) in [6, 6.07) is 8.59. The van der Waals surface area contributed by atoms with Crippen LogP contribution in [0.1, 0.15) is 63.4 Å². The Balaban J connectivity index is 0.000000227. The molecule has 3 rings (SSSR count). The molecule has 2 aromatic carbocycles. The monoisotopic (exact) mass is 448 g/mol. The molecule has 1 fully saturated rings. The van der Waals surface area contributed by atoms with Gasteiger partial charge in [-0.05, 0) is 75.5 Å². The maximum Gasteiger partial charge on any atom is 0.157 e. The molecule has 0 amide bonds. The predicted octanol–water partition coefficient (Wildman–Crippen LogP) is 2.79. The summed E-state index contributed by atoms with van der Waals surface area (Å²) in [5.74, 6) is -0.450. The van der Waals surface area contributed by atoms with E-state index in [1.165, 1.54) is 30.3 Å². The van der Waals surface area contributed by atoms with Crippen molar-refractivity contribution in [1.29, 1.82) is 0 Å². The van der Waals surface area contributed by atoms with Gasteiger partial charge in [0, 0.05) is 24.2 Å². The van der Waals surface area contributed by atoms with Gasteiger partial charge in [-0.25, -0.2) is 0 Å². The largest absolute Gasteiger partial charge is 0.508 e. The van der Waals surface area contributed by atoms with E-state index in [4.69, 9.17) is 0 Å². The number of piperidine rings is 1. The highest BCUT2D eigenvalue weighted by molar-refractivity contribution is 5.41. The Morgan fingerprint density at radius 2 is 1.56 bits per heavy atom. The van der Waals surface area contributed by atoms with Gasteiger partial charge in [-0.1, -0.05) is 12.5 Å². The van der Waals surface area contributed by atoms with Crippen LogP contribution in [-0.4, -0.2) is 55.3 Å². The summed E-state index contributed by atoms with van der Waals surface area (Å²) < 4.78 is 0. The lowest BCUT2D eigenvalue weighted by atomic mass is 9.95. The molecule has 8 heteroatoms. The second-order valence-corrected chi connectivity index (χ2v) is 9.18. The average Bonchev–Trinajstić information content (AvgIpc) is 2.73. The fraction of sp³-hybridized carbons (Fsp3) is 0.500. The van der Waals surface area contributed by atoms with Crippen molar-refractivity contribution in [3.05, 3.63) is 47.5 Å². The van der Waals surface area contributed by atoms with Crippen molar-refractivity contribution >= 4 is 0 Å². The van der Waals surface area contributed by atoms with Gasteiger partial charge in [0.15, 0.2) is 11.5 Å². The Labute approximate surface area is 189 Å². The summed E-state index contributed by atoms with van der Waals surface area (Å²) in [6.45, 7) is 7.29. The standard InChI is InChI=1S/C12H17NO3.C12H19NO3/c14-10-5-4-8(7-11(10)15)12(16)9-3-1-2-6-13-9;1-12(2,3)13-7-11(16)8-4-9(14)6-10(15)5-8/h4-5,7,9,12-16H,1-3,6H2;4-6,11,13-16H,7H2,1-3H3/t9-,12+;/m1./s1. The Morgan fingerprint density at radius 1 is 0.906 bits per heavy atom. The fourth-order valence-electron chi connectivity index (χ4n) is 3.44. The van der Waals surface area contributed by atoms with Gasteiger partial charge in [-0.15, -0.1) is 0 Å². The molecule has 1 aliphatic heterocycles. The SMILES string of the molecule is CC(C)(C)NCC(O)c1cc(O)cc(O)c1.Oc1ccc([C@H](O)[C@H]2CCCCN2)cc1O. The van der Waals surface area contributed by atoms with Gasteiger partial charge in [0.25, 0.3) is 0 Å². The molecule has 178 valence electrons. The molecule has 0 saturated carbocycles. The van der Waals surface area contributed by atoms with Crippen LogP contribution in [0.2, 0.25) is 0 Å². The Bertz CT molecular complexity index is 842. The van der Waals surface area contributed by atoms with E-state index in [1.54, 1.807) is 6.07 Å². The average molecular weight is 449 g/mol. The van der Waals surface area contributed by atoms with Gasteiger partial charge in [0.2, 0.25) is 0 Å². The number of rotatable bonds is 5. The highest BCUT2D eigenvalue weighted by atomic mass is 16.3. The van der Waals surface area contributed by atoms with Crippen molar-refractivity contribution in [2.45, 2.75) is 63.8 Å². The molecule has 1 aliphatic rings. The first-order chi connectivity index (χ1) is 15.0. The van der Waals surface area contributed by atoms with E-state index in [9.17, 15) is 30.6 Å². The van der Waals surface area contributed by atoms with Gasteiger partial charge >= 0.3 is 0 Å². The van der Waals surface area contributed by atoms with Crippen LogP contribution < -0.4 is 10.6 Å². The number of phenols is 4. The molecule has 1 saturated heterocycles. The first-order valence-corrected chi connectivity index (χ1v) is 10.9. The molecular formula is C24H36N2O6. The van der Waals surface area contributed by atoms with Gasteiger partial charge in [0.1, 0.15) is 11.5 Å². The van der Waals surface area contributed by atoms with Gasteiger partial charge < -0.3 is 41.3 Å². The molecule has 1 heterocycles. The van der Waals surface area contributed by atoms with Crippen molar-refractivity contribution in [3.8, 4) is 23.0 Å². The first-order valence-electron chi connectivity index (χ1n) is 10.9. The van der Waals surface area contributed by atoms with Crippen LogP contribution in [-0.2, 0) is 0 Å². The Kier molecular flexibility index (Phi) is 9.15. The van der Waals surface area contributed by atoms with Crippen molar-refractivity contribution in [2.75, 3.05) is 13.1 Å². The number of hydrogen-bond acceptors (Lipinski definition) is 8. The number of hydrogen-bond donors (Lipinski definition) is 8. The molecule has 8 N–H and O–H groups in total. The molecule has 1 unspecified atom stereocenters.